The monoisotopic (exact) mass is 392 g/mol. The molecule has 1 aliphatic carbocycles. The predicted octanol–water partition coefficient (Wildman–Crippen LogP) is 3.88. The fraction of sp³-hybridized carbons (Fsp3) is 0.458. The third-order valence-electron chi connectivity index (χ3n) is 6.85. The van der Waals surface area contributed by atoms with Crippen LogP contribution in [0.25, 0.3) is 10.8 Å². The van der Waals surface area contributed by atoms with Gasteiger partial charge in [-0.15, -0.1) is 0 Å². The summed E-state index contributed by atoms with van der Waals surface area (Å²) in [6.45, 7) is 7.60. The van der Waals surface area contributed by atoms with Crippen LogP contribution in [0, 0.1) is 16.2 Å². The summed E-state index contributed by atoms with van der Waals surface area (Å²) in [6.07, 6.45) is 1.36. The van der Waals surface area contributed by atoms with Crippen LogP contribution in [0.3, 0.4) is 0 Å². The van der Waals surface area contributed by atoms with Gasteiger partial charge in [0.2, 0.25) is 17.7 Å². The maximum Gasteiger partial charge on any atom is 0.232 e. The highest BCUT2D eigenvalue weighted by Crippen LogP contribution is 2.56. The molecule has 152 valence electrons. The molecule has 2 fully saturated rings. The molecule has 2 bridgehead atoms. The number of fused-ring (bicyclic) bond motifs is 3. The van der Waals surface area contributed by atoms with Gasteiger partial charge in [0.15, 0.2) is 0 Å². The molecule has 1 saturated carbocycles. The number of hydrogen-bond acceptors (Lipinski definition) is 3. The van der Waals surface area contributed by atoms with E-state index in [9.17, 15) is 14.4 Å². The van der Waals surface area contributed by atoms with Crippen molar-refractivity contribution in [3.63, 3.8) is 0 Å². The Morgan fingerprint density at radius 3 is 2.17 bits per heavy atom. The van der Waals surface area contributed by atoms with Gasteiger partial charge in [0, 0.05) is 16.2 Å². The SMILES string of the molecule is C[C@@H](NC(=O)C1(C)CC2(C)CC(C)(C1)C(=O)NC2=O)c1cccc2ccccc12. The molecular formula is C24H28N2O3. The lowest BCUT2D eigenvalue weighted by atomic mass is 9.52. The predicted molar refractivity (Wildman–Crippen MR) is 112 cm³/mol. The molecule has 3 amide bonds. The summed E-state index contributed by atoms with van der Waals surface area (Å²) in [5, 5.41) is 7.93. The van der Waals surface area contributed by atoms with Crippen molar-refractivity contribution in [3.05, 3.63) is 48.0 Å². The Morgan fingerprint density at radius 1 is 0.931 bits per heavy atom. The Labute approximate surface area is 171 Å². The molecule has 2 aromatic rings. The van der Waals surface area contributed by atoms with E-state index in [4.69, 9.17) is 0 Å². The Bertz CT molecular complexity index is 996. The maximum absolute atomic E-state index is 13.4. The summed E-state index contributed by atoms with van der Waals surface area (Å²) in [5.74, 6) is -0.626. The van der Waals surface area contributed by atoms with Crippen LogP contribution in [-0.2, 0) is 14.4 Å². The number of carbonyl (C=O) groups excluding carboxylic acids is 3. The van der Waals surface area contributed by atoms with E-state index in [1.165, 1.54) is 0 Å². The van der Waals surface area contributed by atoms with Gasteiger partial charge in [0.05, 0.1) is 6.04 Å². The number of amides is 3. The van der Waals surface area contributed by atoms with Crippen molar-refractivity contribution in [2.24, 2.45) is 16.2 Å². The summed E-state index contributed by atoms with van der Waals surface area (Å²) in [7, 11) is 0. The largest absolute Gasteiger partial charge is 0.349 e. The van der Waals surface area contributed by atoms with E-state index < -0.39 is 16.2 Å². The molecule has 1 aliphatic heterocycles. The minimum absolute atomic E-state index is 0.0995. The van der Waals surface area contributed by atoms with Gasteiger partial charge in [0.25, 0.3) is 0 Å². The summed E-state index contributed by atoms with van der Waals surface area (Å²) in [5.41, 5.74) is -1.15. The summed E-state index contributed by atoms with van der Waals surface area (Å²) in [6, 6.07) is 14.0. The molecule has 5 nitrogen and oxygen atoms in total. The fourth-order valence-electron chi connectivity index (χ4n) is 5.73. The quantitative estimate of drug-likeness (QED) is 0.779. The van der Waals surface area contributed by atoms with Crippen molar-refractivity contribution in [2.45, 2.75) is 53.0 Å². The molecule has 2 aromatic carbocycles. The van der Waals surface area contributed by atoms with Crippen LogP contribution in [0.5, 0.6) is 0 Å². The van der Waals surface area contributed by atoms with Crippen molar-refractivity contribution < 1.29 is 14.4 Å². The number of benzene rings is 2. The van der Waals surface area contributed by atoms with Gasteiger partial charge in [-0.1, -0.05) is 63.2 Å². The second-order valence-electron chi connectivity index (χ2n) is 9.76. The highest BCUT2D eigenvalue weighted by molar-refractivity contribution is 6.04. The molecule has 0 radical (unpaired) electrons. The first-order valence-electron chi connectivity index (χ1n) is 10.2. The smallest absolute Gasteiger partial charge is 0.232 e. The van der Waals surface area contributed by atoms with Crippen LogP contribution in [0.4, 0.5) is 0 Å². The first kappa shape index (κ1) is 19.6. The van der Waals surface area contributed by atoms with E-state index in [-0.39, 0.29) is 23.8 Å². The molecule has 29 heavy (non-hydrogen) atoms. The Morgan fingerprint density at radius 2 is 1.52 bits per heavy atom. The van der Waals surface area contributed by atoms with E-state index in [1.54, 1.807) is 0 Å². The van der Waals surface area contributed by atoms with Gasteiger partial charge < -0.3 is 5.32 Å². The van der Waals surface area contributed by atoms with E-state index in [0.29, 0.717) is 19.3 Å². The molecule has 1 saturated heterocycles. The second kappa shape index (κ2) is 6.41. The Hall–Kier alpha value is -2.69. The minimum Gasteiger partial charge on any atom is -0.349 e. The van der Waals surface area contributed by atoms with Crippen LogP contribution in [0.2, 0.25) is 0 Å². The lowest BCUT2D eigenvalue weighted by Gasteiger charge is -2.53. The van der Waals surface area contributed by atoms with E-state index in [0.717, 1.165) is 16.3 Å². The highest BCUT2D eigenvalue weighted by Gasteiger charge is 2.60. The number of piperidine rings is 1. The lowest BCUT2D eigenvalue weighted by Crippen LogP contribution is -2.63. The van der Waals surface area contributed by atoms with E-state index >= 15 is 0 Å². The average Bonchev–Trinajstić information content (AvgIpc) is 2.65. The molecule has 0 aromatic heterocycles. The summed E-state index contributed by atoms with van der Waals surface area (Å²) >= 11 is 0. The zero-order valence-electron chi connectivity index (χ0n) is 17.5. The van der Waals surface area contributed by atoms with Gasteiger partial charge >= 0.3 is 0 Å². The number of carbonyl (C=O) groups is 3. The topological polar surface area (TPSA) is 75.3 Å². The van der Waals surface area contributed by atoms with Gasteiger partial charge in [-0.25, -0.2) is 0 Å². The van der Waals surface area contributed by atoms with Gasteiger partial charge in [0.1, 0.15) is 0 Å². The van der Waals surface area contributed by atoms with Crippen molar-refractivity contribution >= 4 is 28.5 Å². The van der Waals surface area contributed by atoms with Crippen LogP contribution in [0.1, 0.15) is 58.6 Å². The summed E-state index contributed by atoms with van der Waals surface area (Å²) in [4.78, 5) is 38.4. The van der Waals surface area contributed by atoms with E-state index in [1.807, 2.05) is 52.0 Å². The molecule has 3 atom stereocenters. The Balaban J connectivity index is 1.62. The third-order valence-corrected chi connectivity index (χ3v) is 6.85. The van der Waals surface area contributed by atoms with Crippen LogP contribution in [0.15, 0.2) is 42.5 Å². The van der Waals surface area contributed by atoms with Gasteiger partial charge in [-0.05, 0) is 42.5 Å². The molecule has 2 unspecified atom stereocenters. The maximum atomic E-state index is 13.4. The van der Waals surface area contributed by atoms with Crippen molar-refractivity contribution in [1.29, 1.82) is 0 Å². The third kappa shape index (κ3) is 3.13. The second-order valence-corrected chi connectivity index (χ2v) is 9.76. The standard InChI is InChI=1S/C24H28N2O3/c1-15(17-11-7-9-16-8-5-6-10-18(16)17)25-19(27)22(2)12-23(3)14-24(4,13-22)21(29)26-20(23)28/h5-11,15H,12-14H2,1-4H3,(H,25,27)(H,26,28,29)/t15-,22?,23?,24?/m1/s1. The number of nitrogens with one attached hydrogen (secondary N) is 2. The molecule has 2 aliphatic rings. The van der Waals surface area contributed by atoms with Crippen LogP contribution >= 0.6 is 0 Å². The van der Waals surface area contributed by atoms with Crippen molar-refractivity contribution in [2.75, 3.05) is 0 Å². The molecular weight excluding hydrogens is 364 g/mol. The first-order chi connectivity index (χ1) is 13.6. The molecule has 5 heteroatoms. The first-order valence-corrected chi connectivity index (χ1v) is 10.2. The van der Waals surface area contributed by atoms with E-state index in [2.05, 4.69) is 28.8 Å². The zero-order valence-corrected chi connectivity index (χ0v) is 17.5. The fourth-order valence-corrected chi connectivity index (χ4v) is 5.73. The van der Waals surface area contributed by atoms with Crippen LogP contribution < -0.4 is 10.6 Å². The normalized spacial score (nSPS) is 32.6. The number of hydrogen-bond donors (Lipinski definition) is 2. The zero-order chi connectivity index (χ0) is 21.0. The highest BCUT2D eigenvalue weighted by atomic mass is 16.2. The lowest BCUT2D eigenvalue weighted by molar-refractivity contribution is -0.164. The molecule has 0 spiro atoms. The van der Waals surface area contributed by atoms with Gasteiger partial charge in [-0.2, -0.15) is 0 Å². The Kier molecular flexibility index (Phi) is 4.34. The number of imide groups is 1. The van der Waals surface area contributed by atoms with Gasteiger partial charge in [-0.3, -0.25) is 19.7 Å². The molecule has 2 N–H and O–H groups in total. The summed E-state index contributed by atoms with van der Waals surface area (Å²) < 4.78 is 0. The van der Waals surface area contributed by atoms with Crippen LogP contribution in [-0.4, -0.2) is 17.7 Å². The molecule has 1 heterocycles. The molecule has 4 rings (SSSR count). The van der Waals surface area contributed by atoms with Crippen molar-refractivity contribution in [3.8, 4) is 0 Å². The minimum atomic E-state index is -0.784. The average molecular weight is 392 g/mol. The number of rotatable bonds is 3. The van der Waals surface area contributed by atoms with Crippen molar-refractivity contribution in [1.82, 2.24) is 10.6 Å².